The van der Waals surface area contributed by atoms with Gasteiger partial charge in [-0.15, -0.1) is 0 Å². The smallest absolute Gasteiger partial charge is 0.252 e. The molecule has 0 bridgehead atoms. The highest BCUT2D eigenvalue weighted by atomic mass is 79.9. The van der Waals surface area contributed by atoms with E-state index >= 15 is 0 Å². The quantitative estimate of drug-likeness (QED) is 0.901. The molecule has 1 aliphatic rings. The molecule has 0 aromatic heterocycles. The molecule has 1 amide bonds. The summed E-state index contributed by atoms with van der Waals surface area (Å²) in [7, 11) is 0. The van der Waals surface area contributed by atoms with Crippen molar-refractivity contribution in [3.05, 3.63) is 34.3 Å². The summed E-state index contributed by atoms with van der Waals surface area (Å²) in [5.41, 5.74) is 0.928. The van der Waals surface area contributed by atoms with Crippen LogP contribution >= 0.6 is 15.9 Å². The average molecular weight is 311 g/mol. The number of piperidine rings is 1. The van der Waals surface area contributed by atoms with Gasteiger partial charge in [0.15, 0.2) is 0 Å². The Balaban J connectivity index is 1.94. The number of amides is 1. The second-order valence-electron chi connectivity index (χ2n) is 5.22. The molecule has 1 heterocycles. The molecule has 0 spiro atoms. The van der Waals surface area contributed by atoms with Crippen molar-refractivity contribution in [2.45, 2.75) is 19.8 Å². The first-order valence-corrected chi connectivity index (χ1v) is 7.13. The fourth-order valence-electron chi connectivity index (χ4n) is 2.24. The highest BCUT2D eigenvalue weighted by Gasteiger charge is 2.27. The fourth-order valence-corrected chi connectivity index (χ4v) is 2.71. The number of carbonyl (C=O) groups excluding carboxylic acids is 1. The predicted molar refractivity (Wildman–Crippen MR) is 76.7 cm³/mol. The first-order chi connectivity index (χ1) is 8.61. The lowest BCUT2D eigenvalue weighted by atomic mass is 9.81. The Bertz CT molecular complexity index is 428. The van der Waals surface area contributed by atoms with E-state index in [9.17, 15) is 4.79 Å². The van der Waals surface area contributed by atoms with Crippen LogP contribution in [0.4, 0.5) is 0 Å². The van der Waals surface area contributed by atoms with Gasteiger partial charge in [-0.2, -0.15) is 0 Å². The Morgan fingerprint density at radius 1 is 1.39 bits per heavy atom. The minimum atomic E-state index is 0.00207. The molecule has 0 saturated carbocycles. The predicted octanol–water partition coefficient (Wildman–Crippen LogP) is 2.57. The number of rotatable bonds is 3. The molecular weight excluding hydrogens is 292 g/mol. The van der Waals surface area contributed by atoms with E-state index in [1.54, 1.807) is 0 Å². The molecule has 0 atom stereocenters. The molecule has 0 radical (unpaired) electrons. The second kappa shape index (κ2) is 5.85. The van der Waals surface area contributed by atoms with Crippen molar-refractivity contribution in [2.75, 3.05) is 19.6 Å². The van der Waals surface area contributed by atoms with Crippen molar-refractivity contribution in [3.8, 4) is 0 Å². The third-order valence-corrected chi connectivity index (χ3v) is 4.30. The van der Waals surface area contributed by atoms with Crippen LogP contribution in [-0.4, -0.2) is 25.5 Å². The van der Waals surface area contributed by atoms with Crippen molar-refractivity contribution in [1.82, 2.24) is 10.6 Å². The molecule has 0 aliphatic carbocycles. The van der Waals surface area contributed by atoms with Gasteiger partial charge in [-0.3, -0.25) is 4.79 Å². The Hall–Kier alpha value is -0.870. The van der Waals surface area contributed by atoms with Crippen molar-refractivity contribution in [1.29, 1.82) is 0 Å². The maximum Gasteiger partial charge on any atom is 0.252 e. The van der Waals surface area contributed by atoms with Crippen molar-refractivity contribution in [3.63, 3.8) is 0 Å². The van der Waals surface area contributed by atoms with E-state index in [0.29, 0.717) is 5.56 Å². The van der Waals surface area contributed by atoms with Crippen LogP contribution in [0.25, 0.3) is 0 Å². The third kappa shape index (κ3) is 3.33. The SMILES string of the molecule is CC1(CNC(=O)c2ccccc2Br)CCNCC1. The number of halogens is 1. The van der Waals surface area contributed by atoms with E-state index in [1.807, 2.05) is 24.3 Å². The molecule has 1 aliphatic heterocycles. The van der Waals surface area contributed by atoms with Crippen LogP contribution in [-0.2, 0) is 0 Å². The Morgan fingerprint density at radius 3 is 2.72 bits per heavy atom. The minimum absolute atomic E-state index is 0.00207. The number of carbonyl (C=O) groups is 1. The minimum Gasteiger partial charge on any atom is -0.351 e. The zero-order valence-corrected chi connectivity index (χ0v) is 12.2. The van der Waals surface area contributed by atoms with Crippen LogP contribution in [0, 0.1) is 5.41 Å². The van der Waals surface area contributed by atoms with Gasteiger partial charge in [0, 0.05) is 11.0 Å². The molecule has 4 heteroatoms. The number of nitrogens with one attached hydrogen (secondary N) is 2. The molecule has 1 saturated heterocycles. The Morgan fingerprint density at radius 2 is 2.06 bits per heavy atom. The first-order valence-electron chi connectivity index (χ1n) is 6.34. The van der Waals surface area contributed by atoms with Crippen molar-refractivity contribution in [2.24, 2.45) is 5.41 Å². The summed E-state index contributed by atoms with van der Waals surface area (Å²) in [5.74, 6) is 0.00207. The third-order valence-electron chi connectivity index (χ3n) is 3.60. The maximum atomic E-state index is 12.1. The van der Waals surface area contributed by atoms with Gasteiger partial charge < -0.3 is 10.6 Å². The maximum absolute atomic E-state index is 12.1. The molecule has 0 unspecified atom stereocenters. The average Bonchev–Trinajstić information content (AvgIpc) is 2.38. The van der Waals surface area contributed by atoms with Gasteiger partial charge in [0.25, 0.3) is 5.91 Å². The lowest BCUT2D eigenvalue weighted by molar-refractivity contribution is 0.0921. The second-order valence-corrected chi connectivity index (χ2v) is 6.08. The summed E-state index contributed by atoms with van der Waals surface area (Å²) in [6, 6.07) is 7.52. The zero-order valence-electron chi connectivity index (χ0n) is 10.6. The summed E-state index contributed by atoms with van der Waals surface area (Å²) in [4.78, 5) is 12.1. The van der Waals surface area contributed by atoms with Crippen LogP contribution in [0.15, 0.2) is 28.7 Å². The zero-order chi connectivity index (χ0) is 13.0. The summed E-state index contributed by atoms with van der Waals surface area (Å²) in [5, 5.41) is 6.40. The van der Waals surface area contributed by atoms with E-state index < -0.39 is 0 Å². The van der Waals surface area contributed by atoms with E-state index in [1.165, 1.54) is 0 Å². The summed E-state index contributed by atoms with van der Waals surface area (Å²) in [6.45, 7) is 5.08. The first kappa shape index (κ1) is 13.6. The van der Waals surface area contributed by atoms with Crippen LogP contribution in [0.3, 0.4) is 0 Å². The van der Waals surface area contributed by atoms with Crippen LogP contribution in [0.2, 0.25) is 0 Å². The molecule has 1 aromatic carbocycles. The summed E-state index contributed by atoms with van der Waals surface area (Å²) < 4.78 is 0.845. The molecule has 1 aromatic rings. The van der Waals surface area contributed by atoms with Gasteiger partial charge in [-0.05, 0) is 59.4 Å². The lowest BCUT2D eigenvalue weighted by Gasteiger charge is -2.34. The van der Waals surface area contributed by atoms with Gasteiger partial charge in [0.2, 0.25) is 0 Å². The highest BCUT2D eigenvalue weighted by molar-refractivity contribution is 9.10. The van der Waals surface area contributed by atoms with E-state index in [2.05, 4.69) is 33.5 Å². The van der Waals surface area contributed by atoms with Gasteiger partial charge >= 0.3 is 0 Å². The Kier molecular flexibility index (Phi) is 4.40. The number of hydrogen-bond acceptors (Lipinski definition) is 2. The lowest BCUT2D eigenvalue weighted by Crippen LogP contribution is -2.42. The van der Waals surface area contributed by atoms with Gasteiger partial charge in [-0.1, -0.05) is 19.1 Å². The standard InChI is InChI=1S/C14H19BrN2O/c1-14(6-8-16-9-7-14)10-17-13(18)11-4-2-3-5-12(11)15/h2-5,16H,6-10H2,1H3,(H,17,18). The molecule has 3 nitrogen and oxygen atoms in total. The Labute approximate surface area is 116 Å². The monoisotopic (exact) mass is 310 g/mol. The van der Waals surface area contributed by atoms with E-state index in [0.717, 1.165) is 36.9 Å². The van der Waals surface area contributed by atoms with E-state index in [4.69, 9.17) is 0 Å². The molecule has 98 valence electrons. The number of benzene rings is 1. The molecular formula is C14H19BrN2O. The molecule has 2 rings (SSSR count). The number of hydrogen-bond donors (Lipinski definition) is 2. The van der Waals surface area contributed by atoms with Gasteiger partial charge in [0.05, 0.1) is 5.56 Å². The summed E-state index contributed by atoms with van der Waals surface area (Å²) >= 11 is 3.41. The largest absolute Gasteiger partial charge is 0.351 e. The van der Waals surface area contributed by atoms with Gasteiger partial charge in [-0.25, -0.2) is 0 Å². The molecule has 2 N–H and O–H groups in total. The van der Waals surface area contributed by atoms with Crippen LogP contribution < -0.4 is 10.6 Å². The van der Waals surface area contributed by atoms with Crippen LogP contribution in [0.5, 0.6) is 0 Å². The normalized spacial score (nSPS) is 18.3. The van der Waals surface area contributed by atoms with Crippen molar-refractivity contribution >= 4 is 21.8 Å². The topological polar surface area (TPSA) is 41.1 Å². The summed E-state index contributed by atoms with van der Waals surface area (Å²) in [6.07, 6.45) is 2.23. The van der Waals surface area contributed by atoms with Gasteiger partial charge in [0.1, 0.15) is 0 Å². The van der Waals surface area contributed by atoms with Crippen LogP contribution in [0.1, 0.15) is 30.1 Å². The molecule has 1 fully saturated rings. The fraction of sp³-hybridized carbons (Fsp3) is 0.500. The molecule has 18 heavy (non-hydrogen) atoms. The van der Waals surface area contributed by atoms with E-state index in [-0.39, 0.29) is 11.3 Å². The highest BCUT2D eigenvalue weighted by Crippen LogP contribution is 2.27. The van der Waals surface area contributed by atoms with Crippen molar-refractivity contribution < 1.29 is 4.79 Å².